The van der Waals surface area contributed by atoms with Crippen LogP contribution < -0.4 is 0 Å². The van der Waals surface area contributed by atoms with E-state index in [2.05, 4.69) is 0 Å². The van der Waals surface area contributed by atoms with E-state index in [1.54, 1.807) is 0 Å². The maximum Gasteiger partial charge on any atom is 0.411 e. The van der Waals surface area contributed by atoms with Crippen LogP contribution in [0.1, 0.15) is 25.0 Å². The van der Waals surface area contributed by atoms with Crippen LogP contribution >= 0.6 is 0 Å². The number of esters is 1. The third-order valence-electron chi connectivity index (χ3n) is 4.42. The number of rotatable bonds is 6. The predicted octanol–water partition coefficient (Wildman–Crippen LogP) is 3.78. The Morgan fingerprint density at radius 3 is 1.88 bits per heavy atom. The number of carbonyl (C=O) groups excluding carboxylic acids is 2. The Balaban J connectivity index is 1.56. The molecule has 0 saturated carbocycles. The minimum Gasteiger partial charge on any atom is -0.459 e. The first kappa shape index (κ1) is 18.0. The van der Waals surface area contributed by atoms with Crippen molar-refractivity contribution in [3.05, 3.63) is 71.8 Å². The molecule has 5 heteroatoms. The first-order valence-corrected chi connectivity index (χ1v) is 8.77. The quantitative estimate of drug-likeness (QED) is 0.586. The molecule has 1 amide bonds. The summed E-state index contributed by atoms with van der Waals surface area (Å²) in [6, 6.07) is 18.2. The molecular weight excluding hydrogens is 330 g/mol. The molecule has 1 aliphatic rings. The second kappa shape index (κ2) is 8.04. The Hall–Kier alpha value is -2.82. The number of hydrogen-bond donors (Lipinski definition) is 0. The van der Waals surface area contributed by atoms with Crippen molar-refractivity contribution in [1.29, 1.82) is 0 Å². The molecule has 5 nitrogen and oxygen atoms in total. The number of ether oxygens (including phenoxy) is 2. The molecule has 0 radical (unpaired) electrons. The molecule has 0 aliphatic carbocycles. The highest BCUT2D eigenvalue weighted by Crippen LogP contribution is 2.36. The first-order chi connectivity index (χ1) is 12.6. The monoisotopic (exact) mass is 353 g/mol. The van der Waals surface area contributed by atoms with E-state index < -0.39 is 12.1 Å². The Bertz CT molecular complexity index is 684. The lowest BCUT2D eigenvalue weighted by Gasteiger charge is -2.08. The van der Waals surface area contributed by atoms with Gasteiger partial charge in [-0.25, -0.2) is 9.59 Å². The van der Waals surface area contributed by atoms with Gasteiger partial charge in [0, 0.05) is 0 Å². The molecule has 3 rings (SSSR count). The van der Waals surface area contributed by atoms with Gasteiger partial charge in [0.25, 0.3) is 0 Å². The Morgan fingerprint density at radius 2 is 1.38 bits per heavy atom. The number of amides is 1. The van der Waals surface area contributed by atoms with Gasteiger partial charge in [0.1, 0.15) is 13.2 Å². The van der Waals surface area contributed by atoms with Crippen LogP contribution in [0.25, 0.3) is 0 Å². The molecule has 2 aromatic carbocycles. The molecule has 0 bridgehead atoms. The van der Waals surface area contributed by atoms with Crippen LogP contribution in [0.2, 0.25) is 0 Å². The van der Waals surface area contributed by atoms with Gasteiger partial charge in [-0.1, -0.05) is 74.5 Å². The lowest BCUT2D eigenvalue weighted by atomic mass is 10.1. The zero-order valence-electron chi connectivity index (χ0n) is 15.0. The molecule has 1 fully saturated rings. The average Bonchev–Trinajstić information content (AvgIpc) is 3.42. The highest BCUT2D eigenvalue weighted by Gasteiger charge is 2.58. The second-order valence-electron chi connectivity index (χ2n) is 6.72. The van der Waals surface area contributed by atoms with Gasteiger partial charge in [0.2, 0.25) is 0 Å². The Morgan fingerprint density at radius 1 is 0.885 bits per heavy atom. The van der Waals surface area contributed by atoms with Crippen molar-refractivity contribution in [2.75, 3.05) is 0 Å². The van der Waals surface area contributed by atoms with Gasteiger partial charge in [-0.2, -0.15) is 0 Å². The van der Waals surface area contributed by atoms with Crippen molar-refractivity contribution in [3.63, 3.8) is 0 Å². The zero-order chi connectivity index (χ0) is 18.5. The second-order valence-corrected chi connectivity index (χ2v) is 6.72. The van der Waals surface area contributed by atoms with Crippen molar-refractivity contribution < 1.29 is 19.1 Å². The summed E-state index contributed by atoms with van der Waals surface area (Å²) in [6.07, 6.45) is -0.478. The van der Waals surface area contributed by atoms with Crippen LogP contribution in [-0.4, -0.2) is 29.0 Å². The number of nitrogens with zero attached hydrogens (tertiary/aromatic N) is 1. The molecule has 0 spiro atoms. The summed E-state index contributed by atoms with van der Waals surface area (Å²) in [6.45, 7) is 4.35. The minimum atomic E-state index is -0.568. The molecule has 0 unspecified atom stereocenters. The van der Waals surface area contributed by atoms with E-state index in [1.165, 1.54) is 4.90 Å². The maximum atomic E-state index is 12.4. The van der Waals surface area contributed by atoms with Crippen molar-refractivity contribution in [1.82, 2.24) is 4.90 Å². The summed E-state index contributed by atoms with van der Waals surface area (Å²) in [5, 5.41) is 0. The molecule has 2 atom stereocenters. The van der Waals surface area contributed by atoms with Crippen LogP contribution in [0.15, 0.2) is 60.7 Å². The summed E-state index contributed by atoms with van der Waals surface area (Å²) in [5.41, 5.74) is 1.83. The van der Waals surface area contributed by atoms with Crippen molar-refractivity contribution >= 4 is 12.1 Å². The Kier molecular flexibility index (Phi) is 5.56. The minimum absolute atomic E-state index is 0.147. The Labute approximate surface area is 153 Å². The van der Waals surface area contributed by atoms with E-state index in [9.17, 15) is 9.59 Å². The van der Waals surface area contributed by atoms with Crippen LogP contribution in [0.3, 0.4) is 0 Å². The molecule has 1 saturated heterocycles. The smallest absolute Gasteiger partial charge is 0.411 e. The normalized spacial score (nSPS) is 18.5. The van der Waals surface area contributed by atoms with E-state index in [1.807, 2.05) is 74.5 Å². The average molecular weight is 353 g/mol. The van der Waals surface area contributed by atoms with Crippen LogP contribution in [0, 0.1) is 5.92 Å². The van der Waals surface area contributed by atoms with Gasteiger partial charge in [-0.05, 0) is 17.0 Å². The van der Waals surface area contributed by atoms with E-state index >= 15 is 0 Å². The third kappa shape index (κ3) is 4.23. The fraction of sp³-hybridized carbons (Fsp3) is 0.333. The van der Waals surface area contributed by atoms with Gasteiger partial charge in [0.15, 0.2) is 6.04 Å². The third-order valence-corrected chi connectivity index (χ3v) is 4.42. The van der Waals surface area contributed by atoms with E-state index in [0.29, 0.717) is 0 Å². The fourth-order valence-electron chi connectivity index (χ4n) is 3.03. The van der Waals surface area contributed by atoms with Crippen LogP contribution in [-0.2, 0) is 27.5 Å². The van der Waals surface area contributed by atoms with Gasteiger partial charge >= 0.3 is 12.1 Å². The molecule has 0 aromatic heterocycles. The highest BCUT2D eigenvalue weighted by atomic mass is 16.6. The van der Waals surface area contributed by atoms with Gasteiger partial charge < -0.3 is 9.47 Å². The summed E-state index contributed by atoms with van der Waals surface area (Å²) >= 11 is 0. The molecular formula is C21H23NO4. The first-order valence-electron chi connectivity index (χ1n) is 8.77. The van der Waals surface area contributed by atoms with E-state index in [-0.39, 0.29) is 31.1 Å². The molecule has 1 aliphatic heterocycles. The van der Waals surface area contributed by atoms with E-state index in [0.717, 1.165) is 11.1 Å². The summed E-state index contributed by atoms with van der Waals surface area (Å²) in [7, 11) is 0. The highest BCUT2D eigenvalue weighted by molar-refractivity contribution is 5.88. The summed E-state index contributed by atoms with van der Waals surface area (Å²) < 4.78 is 10.7. The maximum absolute atomic E-state index is 12.4. The van der Waals surface area contributed by atoms with E-state index in [4.69, 9.17) is 9.47 Å². The molecule has 0 N–H and O–H groups in total. The SMILES string of the molecule is CC(C)[C@H]1[C@H](C(=O)OCc2ccccc2)N1C(=O)OCc1ccccc1. The lowest BCUT2D eigenvalue weighted by Crippen LogP contribution is -2.21. The van der Waals surface area contributed by atoms with Crippen molar-refractivity contribution in [2.45, 2.75) is 39.1 Å². The van der Waals surface area contributed by atoms with Crippen molar-refractivity contribution in [3.8, 4) is 0 Å². The number of carbonyl (C=O) groups is 2. The summed E-state index contributed by atoms with van der Waals surface area (Å²) in [4.78, 5) is 26.3. The van der Waals surface area contributed by atoms with Crippen LogP contribution in [0.5, 0.6) is 0 Å². The summed E-state index contributed by atoms with van der Waals surface area (Å²) in [5.74, 6) is -0.238. The van der Waals surface area contributed by atoms with Crippen molar-refractivity contribution in [2.24, 2.45) is 5.92 Å². The van der Waals surface area contributed by atoms with Gasteiger partial charge in [-0.3, -0.25) is 4.90 Å². The molecule has 1 heterocycles. The lowest BCUT2D eigenvalue weighted by molar-refractivity contribution is -0.145. The molecule has 2 aromatic rings. The topological polar surface area (TPSA) is 55.6 Å². The largest absolute Gasteiger partial charge is 0.459 e. The van der Waals surface area contributed by atoms with Gasteiger partial charge in [-0.15, -0.1) is 0 Å². The van der Waals surface area contributed by atoms with Crippen LogP contribution in [0.4, 0.5) is 4.79 Å². The fourth-order valence-corrected chi connectivity index (χ4v) is 3.03. The molecule has 26 heavy (non-hydrogen) atoms. The number of hydrogen-bond acceptors (Lipinski definition) is 4. The predicted molar refractivity (Wildman–Crippen MR) is 97.1 cm³/mol. The zero-order valence-corrected chi connectivity index (χ0v) is 15.0. The van der Waals surface area contributed by atoms with Gasteiger partial charge in [0.05, 0.1) is 6.04 Å². The number of benzene rings is 2. The standard InChI is InChI=1S/C21H23NO4/c1-15(2)18-19(20(23)25-13-16-9-5-3-6-10-16)22(18)21(24)26-14-17-11-7-4-8-12-17/h3-12,15,18-19H,13-14H2,1-2H3/t18-,19+,22?/m0/s1. The molecule has 136 valence electrons.